The molecule has 0 aromatic carbocycles. The van der Waals surface area contributed by atoms with Crippen molar-refractivity contribution >= 4 is 0 Å². The zero-order valence-corrected chi connectivity index (χ0v) is 11.8. The molecule has 1 aliphatic carbocycles. The van der Waals surface area contributed by atoms with Crippen LogP contribution in [-0.4, -0.2) is 10.1 Å². The molecule has 1 N–H and O–H groups in total. The van der Waals surface area contributed by atoms with Gasteiger partial charge in [0, 0.05) is 11.4 Å². The number of aryl methyl sites for hydroxylation is 2. The normalized spacial score (nSPS) is 26.0. The lowest BCUT2D eigenvalue weighted by Crippen LogP contribution is -2.25. The minimum Gasteiger partial charge on any atom is -0.388 e. The van der Waals surface area contributed by atoms with Crippen LogP contribution >= 0.6 is 0 Å². The third-order valence-electron chi connectivity index (χ3n) is 4.34. The van der Waals surface area contributed by atoms with E-state index in [0.717, 1.165) is 17.0 Å². The molecule has 3 atom stereocenters. The van der Waals surface area contributed by atoms with E-state index < -0.39 is 0 Å². The molecule has 1 saturated carbocycles. The molecule has 0 saturated heterocycles. The second-order valence-corrected chi connectivity index (χ2v) is 5.74. The standard InChI is InChI=1S/C16H25NO/c1-4-13-7-5-6-8-15(13)16(18)14-9-11(2)17-12(3)10-14/h9-10,13,15-16,18H,4-8H2,1-3H3. The summed E-state index contributed by atoms with van der Waals surface area (Å²) in [5.41, 5.74) is 3.08. The Hall–Kier alpha value is -0.890. The Morgan fingerprint density at radius 3 is 2.44 bits per heavy atom. The Morgan fingerprint density at radius 2 is 1.83 bits per heavy atom. The highest BCUT2D eigenvalue weighted by molar-refractivity contribution is 5.23. The number of nitrogens with zero attached hydrogens (tertiary/aromatic N) is 1. The first-order valence-corrected chi connectivity index (χ1v) is 7.25. The molecule has 3 unspecified atom stereocenters. The summed E-state index contributed by atoms with van der Waals surface area (Å²) in [7, 11) is 0. The number of hydrogen-bond donors (Lipinski definition) is 1. The molecular formula is C16H25NO. The smallest absolute Gasteiger partial charge is 0.0822 e. The van der Waals surface area contributed by atoms with Crippen molar-refractivity contribution in [2.75, 3.05) is 0 Å². The van der Waals surface area contributed by atoms with Gasteiger partial charge in [0.2, 0.25) is 0 Å². The van der Waals surface area contributed by atoms with Crippen LogP contribution in [-0.2, 0) is 0 Å². The van der Waals surface area contributed by atoms with E-state index in [0.29, 0.717) is 11.8 Å². The summed E-state index contributed by atoms with van der Waals surface area (Å²) >= 11 is 0. The number of aromatic nitrogens is 1. The van der Waals surface area contributed by atoms with E-state index >= 15 is 0 Å². The first-order chi connectivity index (χ1) is 8.61. The molecular weight excluding hydrogens is 222 g/mol. The molecule has 2 rings (SSSR count). The largest absolute Gasteiger partial charge is 0.388 e. The van der Waals surface area contributed by atoms with E-state index in [-0.39, 0.29) is 6.10 Å². The average Bonchev–Trinajstić information content (AvgIpc) is 2.36. The van der Waals surface area contributed by atoms with Crippen molar-refractivity contribution < 1.29 is 5.11 Å². The van der Waals surface area contributed by atoms with Gasteiger partial charge in [0.25, 0.3) is 0 Å². The lowest BCUT2D eigenvalue weighted by molar-refractivity contribution is 0.0450. The van der Waals surface area contributed by atoms with E-state index in [1.54, 1.807) is 0 Å². The van der Waals surface area contributed by atoms with Crippen LogP contribution in [0.5, 0.6) is 0 Å². The predicted octanol–water partition coefficient (Wildman–Crippen LogP) is 3.95. The molecule has 0 aliphatic heterocycles. The number of aliphatic hydroxyl groups is 1. The summed E-state index contributed by atoms with van der Waals surface area (Å²) in [6.45, 7) is 6.25. The highest BCUT2D eigenvalue weighted by Gasteiger charge is 2.30. The fraction of sp³-hybridized carbons (Fsp3) is 0.688. The van der Waals surface area contributed by atoms with Gasteiger partial charge in [-0.3, -0.25) is 4.98 Å². The Balaban J connectivity index is 2.20. The SMILES string of the molecule is CCC1CCCCC1C(O)c1cc(C)nc(C)c1. The van der Waals surface area contributed by atoms with Crippen LogP contribution in [0.4, 0.5) is 0 Å². The van der Waals surface area contributed by atoms with Crippen molar-refractivity contribution in [3.8, 4) is 0 Å². The molecule has 0 bridgehead atoms. The second kappa shape index (κ2) is 5.83. The van der Waals surface area contributed by atoms with E-state index in [9.17, 15) is 5.11 Å². The molecule has 1 fully saturated rings. The van der Waals surface area contributed by atoms with Gasteiger partial charge in [-0.1, -0.05) is 32.6 Å². The third-order valence-corrected chi connectivity index (χ3v) is 4.34. The summed E-state index contributed by atoms with van der Waals surface area (Å²) in [6, 6.07) is 4.08. The van der Waals surface area contributed by atoms with Gasteiger partial charge in [-0.05, 0) is 49.8 Å². The molecule has 0 spiro atoms. The van der Waals surface area contributed by atoms with Crippen molar-refractivity contribution in [3.05, 3.63) is 29.1 Å². The number of aliphatic hydroxyl groups excluding tert-OH is 1. The summed E-state index contributed by atoms with van der Waals surface area (Å²) < 4.78 is 0. The Bertz CT molecular complexity index is 382. The molecule has 1 heterocycles. The minimum absolute atomic E-state index is 0.310. The van der Waals surface area contributed by atoms with Gasteiger partial charge in [0.1, 0.15) is 0 Å². The first kappa shape index (κ1) is 13.5. The molecule has 0 amide bonds. The molecule has 0 radical (unpaired) electrons. The lowest BCUT2D eigenvalue weighted by atomic mass is 9.73. The van der Waals surface area contributed by atoms with Crippen molar-refractivity contribution in [1.82, 2.24) is 4.98 Å². The monoisotopic (exact) mass is 247 g/mol. The topological polar surface area (TPSA) is 33.1 Å². The highest BCUT2D eigenvalue weighted by atomic mass is 16.3. The van der Waals surface area contributed by atoms with Crippen LogP contribution in [0.15, 0.2) is 12.1 Å². The van der Waals surface area contributed by atoms with E-state index in [2.05, 4.69) is 11.9 Å². The van der Waals surface area contributed by atoms with Crippen LogP contribution in [0, 0.1) is 25.7 Å². The van der Waals surface area contributed by atoms with Gasteiger partial charge < -0.3 is 5.11 Å². The maximum absolute atomic E-state index is 10.7. The van der Waals surface area contributed by atoms with Crippen LogP contribution in [0.3, 0.4) is 0 Å². The fourth-order valence-electron chi connectivity index (χ4n) is 3.44. The second-order valence-electron chi connectivity index (χ2n) is 5.74. The summed E-state index contributed by atoms with van der Waals surface area (Å²) in [5.74, 6) is 1.12. The maximum Gasteiger partial charge on any atom is 0.0822 e. The van der Waals surface area contributed by atoms with Gasteiger partial charge in [0.15, 0.2) is 0 Å². The third kappa shape index (κ3) is 2.92. The molecule has 100 valence electrons. The minimum atomic E-state index is -0.310. The van der Waals surface area contributed by atoms with Gasteiger partial charge in [-0.2, -0.15) is 0 Å². The van der Waals surface area contributed by atoms with E-state index in [4.69, 9.17) is 0 Å². The predicted molar refractivity (Wildman–Crippen MR) is 74.4 cm³/mol. The van der Waals surface area contributed by atoms with Crippen molar-refractivity contribution in [1.29, 1.82) is 0 Å². The van der Waals surface area contributed by atoms with Crippen molar-refractivity contribution in [2.45, 2.75) is 59.0 Å². The summed E-state index contributed by atoms with van der Waals surface area (Å²) in [5, 5.41) is 10.7. The Kier molecular flexibility index (Phi) is 4.39. The number of pyridine rings is 1. The van der Waals surface area contributed by atoms with Crippen molar-refractivity contribution in [3.63, 3.8) is 0 Å². The van der Waals surface area contributed by atoms with Crippen LogP contribution in [0.25, 0.3) is 0 Å². The number of hydrogen-bond acceptors (Lipinski definition) is 2. The quantitative estimate of drug-likeness (QED) is 0.877. The lowest BCUT2D eigenvalue weighted by Gasteiger charge is -2.34. The fourth-order valence-corrected chi connectivity index (χ4v) is 3.44. The average molecular weight is 247 g/mol. The zero-order chi connectivity index (χ0) is 13.1. The van der Waals surface area contributed by atoms with Gasteiger partial charge >= 0.3 is 0 Å². The molecule has 1 aliphatic rings. The first-order valence-electron chi connectivity index (χ1n) is 7.25. The number of rotatable bonds is 3. The maximum atomic E-state index is 10.7. The van der Waals surface area contributed by atoms with Crippen LogP contribution < -0.4 is 0 Å². The Labute approximate surface area is 110 Å². The van der Waals surface area contributed by atoms with Gasteiger partial charge in [-0.25, -0.2) is 0 Å². The van der Waals surface area contributed by atoms with Gasteiger partial charge in [0.05, 0.1) is 6.10 Å². The molecule has 2 nitrogen and oxygen atoms in total. The van der Waals surface area contributed by atoms with Gasteiger partial charge in [-0.15, -0.1) is 0 Å². The molecule has 18 heavy (non-hydrogen) atoms. The van der Waals surface area contributed by atoms with E-state index in [1.165, 1.54) is 32.1 Å². The van der Waals surface area contributed by atoms with Crippen LogP contribution in [0.1, 0.15) is 62.1 Å². The summed E-state index contributed by atoms with van der Waals surface area (Å²) in [4.78, 5) is 4.39. The Morgan fingerprint density at radius 1 is 1.22 bits per heavy atom. The summed E-state index contributed by atoms with van der Waals surface area (Å²) in [6.07, 6.45) is 5.92. The van der Waals surface area contributed by atoms with Crippen molar-refractivity contribution in [2.24, 2.45) is 11.8 Å². The van der Waals surface area contributed by atoms with E-state index in [1.807, 2.05) is 26.0 Å². The molecule has 1 aromatic heterocycles. The van der Waals surface area contributed by atoms with Crippen LogP contribution in [0.2, 0.25) is 0 Å². The zero-order valence-electron chi connectivity index (χ0n) is 11.8. The molecule has 1 aromatic rings. The highest BCUT2D eigenvalue weighted by Crippen LogP contribution is 2.40. The molecule has 2 heteroatoms.